The van der Waals surface area contributed by atoms with E-state index in [4.69, 9.17) is 4.74 Å². The number of rotatable bonds is 7. The van der Waals surface area contributed by atoms with Crippen molar-refractivity contribution >= 4 is 16.0 Å². The first-order valence-corrected chi connectivity index (χ1v) is 10.4. The molecule has 1 N–H and O–H groups in total. The smallest absolute Gasteiger partial charge is 0.340 e. The van der Waals surface area contributed by atoms with E-state index in [1.807, 2.05) is 6.92 Å². The van der Waals surface area contributed by atoms with Gasteiger partial charge in [-0.05, 0) is 36.8 Å². The second kappa shape index (κ2) is 8.86. The average molecular weight is 407 g/mol. The number of aryl methyl sites for hydroxylation is 1. The quantitative estimate of drug-likeness (QED) is 0.362. The Hall–Kier alpha value is -3.22. The van der Waals surface area contributed by atoms with Gasteiger partial charge in [-0.2, -0.15) is 4.72 Å². The topological polar surface area (TPSA) is 72.5 Å². The Morgan fingerprint density at radius 2 is 1.45 bits per heavy atom. The summed E-state index contributed by atoms with van der Waals surface area (Å²) >= 11 is 0. The first kappa shape index (κ1) is 20.5. The molecule has 3 aromatic rings. The average Bonchev–Trinajstić information content (AvgIpc) is 2.73. The van der Waals surface area contributed by atoms with Crippen molar-refractivity contribution < 1.29 is 17.9 Å². The van der Waals surface area contributed by atoms with Gasteiger partial charge in [-0.25, -0.2) is 13.2 Å². The predicted molar refractivity (Wildman–Crippen MR) is 112 cm³/mol. The van der Waals surface area contributed by atoms with Gasteiger partial charge < -0.3 is 4.74 Å². The number of carbonyl (C=O) groups excluding carboxylic acids is 1. The van der Waals surface area contributed by atoms with Crippen LogP contribution in [0.15, 0.2) is 102 Å². The molecule has 0 spiro atoms. The van der Waals surface area contributed by atoms with Crippen molar-refractivity contribution in [3.05, 3.63) is 108 Å². The van der Waals surface area contributed by atoms with Gasteiger partial charge in [0.15, 0.2) is 0 Å². The summed E-state index contributed by atoms with van der Waals surface area (Å²) in [6.07, 6.45) is 0. The Bertz CT molecular complexity index is 1090. The van der Waals surface area contributed by atoms with Crippen LogP contribution in [-0.4, -0.2) is 14.4 Å². The fraction of sp³-hybridized carbons (Fsp3) is 0.0870. The lowest BCUT2D eigenvalue weighted by Gasteiger charge is -2.21. The van der Waals surface area contributed by atoms with Gasteiger partial charge in [0, 0.05) is 0 Å². The molecular formula is C23H21NO4S. The van der Waals surface area contributed by atoms with E-state index >= 15 is 0 Å². The summed E-state index contributed by atoms with van der Waals surface area (Å²) in [4.78, 5) is 12.7. The zero-order valence-electron chi connectivity index (χ0n) is 15.9. The molecule has 0 bridgehead atoms. The monoisotopic (exact) mass is 407 g/mol. The number of sulfonamides is 1. The molecule has 0 heterocycles. The number of ether oxygens (including phenoxy) is 1. The highest BCUT2D eigenvalue weighted by Gasteiger charge is 2.28. The van der Waals surface area contributed by atoms with E-state index in [0.717, 1.165) is 5.56 Å². The van der Waals surface area contributed by atoms with Crippen LogP contribution in [0.5, 0.6) is 5.75 Å². The second-order valence-corrected chi connectivity index (χ2v) is 8.22. The fourth-order valence-electron chi connectivity index (χ4n) is 2.71. The first-order valence-electron chi connectivity index (χ1n) is 8.97. The minimum absolute atomic E-state index is 0.0178. The number of hydrogen-bond donors (Lipinski definition) is 1. The number of carbonyl (C=O) groups is 1. The van der Waals surface area contributed by atoms with Gasteiger partial charge in [-0.1, -0.05) is 72.8 Å². The standard InChI is InChI=1S/C23H21NO4S/c1-17-13-15-21(16-14-17)29(26,27)24-22(19-9-5-3-6-10-19)18(2)23(25)28-20-11-7-4-8-12-20/h3-16,22,24H,2H2,1H3. The maximum absolute atomic E-state index is 12.9. The maximum Gasteiger partial charge on any atom is 0.340 e. The molecular weight excluding hydrogens is 386 g/mol. The van der Waals surface area contributed by atoms with Gasteiger partial charge in [0.1, 0.15) is 5.75 Å². The Balaban J connectivity index is 1.90. The molecule has 5 nitrogen and oxygen atoms in total. The molecule has 6 heteroatoms. The SMILES string of the molecule is C=C(C(=O)Oc1ccccc1)C(NS(=O)(=O)c1ccc(C)cc1)c1ccccc1. The minimum Gasteiger partial charge on any atom is -0.423 e. The number of esters is 1. The lowest BCUT2D eigenvalue weighted by atomic mass is 10.0. The number of para-hydroxylation sites is 1. The normalized spacial score (nSPS) is 12.2. The molecule has 0 fully saturated rings. The third kappa shape index (κ3) is 5.19. The Morgan fingerprint density at radius 3 is 2.03 bits per heavy atom. The summed E-state index contributed by atoms with van der Waals surface area (Å²) in [5.74, 6) is -0.358. The molecule has 0 radical (unpaired) electrons. The highest BCUT2D eigenvalue weighted by atomic mass is 32.2. The third-order valence-electron chi connectivity index (χ3n) is 4.30. The fourth-order valence-corrected chi connectivity index (χ4v) is 3.92. The van der Waals surface area contributed by atoms with Crippen LogP contribution >= 0.6 is 0 Å². The zero-order chi connectivity index (χ0) is 20.9. The molecule has 0 aromatic heterocycles. The molecule has 1 atom stereocenters. The van der Waals surface area contributed by atoms with Crippen molar-refractivity contribution in [2.45, 2.75) is 17.9 Å². The van der Waals surface area contributed by atoms with Crippen molar-refractivity contribution in [3.63, 3.8) is 0 Å². The number of hydrogen-bond acceptors (Lipinski definition) is 4. The van der Waals surface area contributed by atoms with E-state index in [-0.39, 0.29) is 10.5 Å². The van der Waals surface area contributed by atoms with E-state index in [9.17, 15) is 13.2 Å². The van der Waals surface area contributed by atoms with Gasteiger partial charge in [0.25, 0.3) is 0 Å². The second-order valence-electron chi connectivity index (χ2n) is 6.51. The zero-order valence-corrected chi connectivity index (χ0v) is 16.7. The van der Waals surface area contributed by atoms with Crippen LogP contribution in [0.3, 0.4) is 0 Å². The van der Waals surface area contributed by atoms with Crippen LogP contribution in [0.25, 0.3) is 0 Å². The molecule has 3 rings (SSSR count). The van der Waals surface area contributed by atoms with Crippen molar-refractivity contribution in [1.29, 1.82) is 0 Å². The minimum atomic E-state index is -3.89. The molecule has 29 heavy (non-hydrogen) atoms. The summed E-state index contributed by atoms with van der Waals surface area (Å²) < 4.78 is 33.7. The van der Waals surface area contributed by atoms with Gasteiger partial charge in [-0.3, -0.25) is 0 Å². The molecule has 3 aromatic carbocycles. The van der Waals surface area contributed by atoms with Crippen molar-refractivity contribution in [2.24, 2.45) is 0 Å². The lowest BCUT2D eigenvalue weighted by Crippen LogP contribution is -2.32. The van der Waals surface area contributed by atoms with E-state index in [2.05, 4.69) is 11.3 Å². The highest BCUT2D eigenvalue weighted by Crippen LogP contribution is 2.25. The Kier molecular flexibility index (Phi) is 6.26. The van der Waals surface area contributed by atoms with E-state index < -0.39 is 22.0 Å². The maximum atomic E-state index is 12.9. The van der Waals surface area contributed by atoms with Crippen LogP contribution < -0.4 is 9.46 Å². The van der Waals surface area contributed by atoms with E-state index in [0.29, 0.717) is 11.3 Å². The molecule has 1 unspecified atom stereocenters. The summed E-state index contributed by atoms with van der Waals surface area (Å²) in [5.41, 5.74) is 1.51. The molecule has 0 aliphatic heterocycles. The van der Waals surface area contributed by atoms with Crippen LogP contribution in [0.1, 0.15) is 17.2 Å². The number of benzene rings is 3. The van der Waals surface area contributed by atoms with Crippen molar-refractivity contribution in [3.8, 4) is 5.75 Å². The summed E-state index contributed by atoms with van der Waals surface area (Å²) in [7, 11) is -3.89. The summed E-state index contributed by atoms with van der Waals surface area (Å²) in [5, 5.41) is 0. The highest BCUT2D eigenvalue weighted by molar-refractivity contribution is 7.89. The van der Waals surface area contributed by atoms with Crippen LogP contribution in [0, 0.1) is 6.92 Å². The molecule has 148 valence electrons. The molecule has 0 saturated heterocycles. The largest absolute Gasteiger partial charge is 0.423 e. The molecule has 0 aliphatic carbocycles. The lowest BCUT2D eigenvalue weighted by molar-refractivity contribution is -0.130. The Labute approximate surface area is 170 Å². The Morgan fingerprint density at radius 1 is 0.897 bits per heavy atom. The van der Waals surface area contributed by atoms with Crippen molar-refractivity contribution in [2.75, 3.05) is 0 Å². The predicted octanol–water partition coefficient (Wildman–Crippen LogP) is 4.18. The molecule has 0 amide bonds. The van der Waals surface area contributed by atoms with Gasteiger partial charge in [-0.15, -0.1) is 0 Å². The van der Waals surface area contributed by atoms with Crippen LogP contribution in [-0.2, 0) is 14.8 Å². The van der Waals surface area contributed by atoms with Gasteiger partial charge in [0.05, 0.1) is 16.5 Å². The van der Waals surface area contributed by atoms with Crippen molar-refractivity contribution in [1.82, 2.24) is 4.72 Å². The van der Waals surface area contributed by atoms with Gasteiger partial charge in [0.2, 0.25) is 10.0 Å². The summed E-state index contributed by atoms with van der Waals surface area (Å²) in [6.45, 7) is 5.69. The summed E-state index contributed by atoms with van der Waals surface area (Å²) in [6, 6.07) is 22.8. The van der Waals surface area contributed by atoms with Crippen LogP contribution in [0.2, 0.25) is 0 Å². The van der Waals surface area contributed by atoms with Crippen LogP contribution in [0.4, 0.5) is 0 Å². The van der Waals surface area contributed by atoms with E-state index in [1.54, 1.807) is 72.8 Å². The third-order valence-corrected chi connectivity index (χ3v) is 5.74. The number of nitrogens with one attached hydrogen (secondary N) is 1. The first-order chi connectivity index (χ1) is 13.9. The molecule has 0 saturated carbocycles. The van der Waals surface area contributed by atoms with Gasteiger partial charge >= 0.3 is 5.97 Å². The van der Waals surface area contributed by atoms with E-state index in [1.165, 1.54) is 12.1 Å². The molecule has 0 aliphatic rings.